The van der Waals surface area contributed by atoms with Gasteiger partial charge in [-0.15, -0.1) is 11.8 Å². The zero-order chi connectivity index (χ0) is 13.0. The van der Waals surface area contributed by atoms with E-state index in [2.05, 4.69) is 36.4 Å². The molecule has 0 bridgehead atoms. The molecule has 0 fully saturated rings. The van der Waals surface area contributed by atoms with Crippen LogP contribution in [-0.4, -0.2) is 0 Å². The minimum absolute atomic E-state index is 0.0843. The lowest BCUT2D eigenvalue weighted by atomic mass is 10.1. The van der Waals surface area contributed by atoms with Crippen LogP contribution >= 0.6 is 23.4 Å². The fourth-order valence-electron chi connectivity index (χ4n) is 1.63. The first kappa shape index (κ1) is 13.5. The van der Waals surface area contributed by atoms with E-state index in [1.807, 2.05) is 30.8 Å². The van der Waals surface area contributed by atoms with E-state index in [4.69, 9.17) is 17.3 Å². The highest BCUT2D eigenvalue weighted by atomic mass is 35.5. The number of nitrogens with two attached hydrogens (primary N) is 1. The van der Waals surface area contributed by atoms with Gasteiger partial charge >= 0.3 is 0 Å². The predicted molar refractivity (Wildman–Crippen MR) is 80.1 cm³/mol. The Balaban J connectivity index is 2.01. The van der Waals surface area contributed by atoms with Gasteiger partial charge in [-0.3, -0.25) is 0 Å². The molecule has 2 aromatic rings. The Bertz CT molecular complexity index is 508. The minimum atomic E-state index is 0.0843. The van der Waals surface area contributed by atoms with Crippen LogP contribution in [0.3, 0.4) is 0 Å². The summed E-state index contributed by atoms with van der Waals surface area (Å²) in [5, 5.41) is 0.780. The summed E-state index contributed by atoms with van der Waals surface area (Å²) in [6.45, 7) is 2.00. The van der Waals surface area contributed by atoms with Crippen molar-refractivity contribution in [3.8, 4) is 0 Å². The largest absolute Gasteiger partial charge is 0.324 e. The van der Waals surface area contributed by atoms with Crippen molar-refractivity contribution in [3.05, 3.63) is 64.7 Å². The van der Waals surface area contributed by atoms with Crippen molar-refractivity contribution in [2.75, 3.05) is 0 Å². The second-order valence-electron chi connectivity index (χ2n) is 4.28. The normalized spacial score (nSPS) is 12.4. The monoisotopic (exact) mass is 277 g/mol. The van der Waals surface area contributed by atoms with E-state index in [1.165, 1.54) is 16.0 Å². The molecule has 3 heteroatoms. The zero-order valence-electron chi connectivity index (χ0n) is 10.3. The molecule has 0 aliphatic carbocycles. The number of hydrogen-bond donors (Lipinski definition) is 1. The second-order valence-corrected chi connectivity index (χ2v) is 5.76. The first-order chi connectivity index (χ1) is 8.65. The summed E-state index contributed by atoms with van der Waals surface area (Å²) >= 11 is 7.68. The molecule has 0 heterocycles. The summed E-state index contributed by atoms with van der Waals surface area (Å²) in [4.78, 5) is 1.25. The van der Waals surface area contributed by atoms with Gasteiger partial charge in [0, 0.05) is 21.7 Å². The summed E-state index contributed by atoms with van der Waals surface area (Å²) in [5.74, 6) is 0.944. The molecule has 0 amide bonds. The van der Waals surface area contributed by atoms with E-state index in [1.54, 1.807) is 0 Å². The number of halogens is 1. The maximum Gasteiger partial charge on any atom is 0.0406 e. The van der Waals surface area contributed by atoms with Gasteiger partial charge in [-0.05, 0) is 42.3 Å². The molecule has 2 N–H and O–H groups in total. The van der Waals surface area contributed by atoms with E-state index in [-0.39, 0.29) is 6.04 Å². The van der Waals surface area contributed by atoms with Gasteiger partial charge < -0.3 is 5.73 Å². The number of rotatable bonds is 4. The van der Waals surface area contributed by atoms with E-state index in [0.29, 0.717) is 0 Å². The Kier molecular flexibility index (Phi) is 4.70. The Morgan fingerprint density at radius 2 is 1.89 bits per heavy atom. The van der Waals surface area contributed by atoms with Gasteiger partial charge in [0.1, 0.15) is 0 Å². The highest BCUT2D eigenvalue weighted by Crippen LogP contribution is 2.25. The van der Waals surface area contributed by atoms with Crippen molar-refractivity contribution < 1.29 is 0 Å². The van der Waals surface area contributed by atoms with E-state index in [9.17, 15) is 0 Å². The maximum absolute atomic E-state index is 5.88. The third kappa shape index (κ3) is 3.77. The van der Waals surface area contributed by atoms with Crippen molar-refractivity contribution in [1.82, 2.24) is 0 Å². The third-order valence-corrected chi connectivity index (χ3v) is 4.02. The number of thioether (sulfide) groups is 1. The first-order valence-electron chi connectivity index (χ1n) is 5.88. The van der Waals surface area contributed by atoms with Gasteiger partial charge in [-0.2, -0.15) is 0 Å². The van der Waals surface area contributed by atoms with Crippen LogP contribution in [0.2, 0.25) is 5.02 Å². The maximum atomic E-state index is 5.88. The third-order valence-electron chi connectivity index (χ3n) is 2.70. The van der Waals surface area contributed by atoms with Crippen LogP contribution < -0.4 is 5.73 Å². The Hall–Kier alpha value is -0.960. The summed E-state index contributed by atoms with van der Waals surface area (Å²) in [7, 11) is 0. The minimum Gasteiger partial charge on any atom is -0.324 e. The SMILES string of the molecule is CC(N)c1cccc(SCc2ccc(Cl)cc2)c1. The predicted octanol–water partition coefficient (Wildman–Crippen LogP) is 4.65. The highest BCUT2D eigenvalue weighted by Gasteiger charge is 2.01. The first-order valence-corrected chi connectivity index (χ1v) is 7.24. The second kappa shape index (κ2) is 6.28. The molecule has 0 aliphatic heterocycles. The average Bonchev–Trinajstić information content (AvgIpc) is 2.38. The van der Waals surface area contributed by atoms with Crippen LogP contribution in [0.1, 0.15) is 24.1 Å². The molecule has 1 atom stereocenters. The number of benzene rings is 2. The molecule has 0 saturated carbocycles. The van der Waals surface area contributed by atoms with Gasteiger partial charge in [0.2, 0.25) is 0 Å². The van der Waals surface area contributed by atoms with Gasteiger partial charge in [0.25, 0.3) is 0 Å². The van der Waals surface area contributed by atoms with E-state index in [0.717, 1.165) is 10.8 Å². The summed E-state index contributed by atoms with van der Waals surface area (Å²) in [6, 6.07) is 16.5. The quantitative estimate of drug-likeness (QED) is 0.823. The van der Waals surface area contributed by atoms with Crippen LogP contribution in [0.4, 0.5) is 0 Å². The topological polar surface area (TPSA) is 26.0 Å². The molecule has 0 spiro atoms. The van der Waals surface area contributed by atoms with Crippen molar-refractivity contribution in [2.45, 2.75) is 23.6 Å². The fourth-order valence-corrected chi connectivity index (χ4v) is 2.68. The fraction of sp³-hybridized carbons (Fsp3) is 0.200. The molecular weight excluding hydrogens is 262 g/mol. The van der Waals surface area contributed by atoms with Crippen LogP contribution in [-0.2, 0) is 5.75 Å². The Labute approximate surface area is 117 Å². The lowest BCUT2D eigenvalue weighted by Crippen LogP contribution is -2.04. The standard InChI is InChI=1S/C15H16ClNS/c1-11(17)13-3-2-4-15(9-13)18-10-12-5-7-14(16)8-6-12/h2-9,11H,10,17H2,1H3. The number of hydrogen-bond acceptors (Lipinski definition) is 2. The van der Waals surface area contributed by atoms with Crippen LogP contribution in [0.5, 0.6) is 0 Å². The molecule has 0 aliphatic rings. The molecule has 1 unspecified atom stereocenters. The van der Waals surface area contributed by atoms with Crippen molar-refractivity contribution in [1.29, 1.82) is 0 Å². The smallest absolute Gasteiger partial charge is 0.0406 e. The summed E-state index contributed by atoms with van der Waals surface area (Å²) in [6.07, 6.45) is 0. The molecular formula is C15H16ClNS. The van der Waals surface area contributed by atoms with Gasteiger partial charge in [0.15, 0.2) is 0 Å². The molecule has 0 aromatic heterocycles. The zero-order valence-corrected chi connectivity index (χ0v) is 11.8. The molecule has 0 radical (unpaired) electrons. The molecule has 2 rings (SSSR count). The molecule has 0 saturated heterocycles. The van der Waals surface area contributed by atoms with Crippen molar-refractivity contribution >= 4 is 23.4 Å². The van der Waals surface area contributed by atoms with Crippen molar-refractivity contribution in [3.63, 3.8) is 0 Å². The van der Waals surface area contributed by atoms with Crippen molar-refractivity contribution in [2.24, 2.45) is 5.73 Å². The van der Waals surface area contributed by atoms with Gasteiger partial charge in [0.05, 0.1) is 0 Å². The highest BCUT2D eigenvalue weighted by molar-refractivity contribution is 7.98. The molecule has 18 heavy (non-hydrogen) atoms. The molecule has 94 valence electrons. The Morgan fingerprint density at radius 3 is 2.56 bits per heavy atom. The van der Waals surface area contributed by atoms with E-state index >= 15 is 0 Å². The summed E-state index contributed by atoms with van der Waals surface area (Å²) < 4.78 is 0. The van der Waals surface area contributed by atoms with Gasteiger partial charge in [-0.25, -0.2) is 0 Å². The average molecular weight is 278 g/mol. The lowest BCUT2D eigenvalue weighted by Gasteiger charge is -2.08. The molecule has 2 aromatic carbocycles. The van der Waals surface area contributed by atoms with Crippen LogP contribution in [0.25, 0.3) is 0 Å². The lowest BCUT2D eigenvalue weighted by molar-refractivity contribution is 0.815. The van der Waals surface area contributed by atoms with Gasteiger partial charge in [-0.1, -0.05) is 35.9 Å². The van der Waals surface area contributed by atoms with E-state index < -0.39 is 0 Å². The van der Waals surface area contributed by atoms with Crippen LogP contribution in [0, 0.1) is 0 Å². The van der Waals surface area contributed by atoms with Crippen LogP contribution in [0.15, 0.2) is 53.4 Å². The summed E-state index contributed by atoms with van der Waals surface area (Å²) in [5.41, 5.74) is 8.33. The Morgan fingerprint density at radius 1 is 1.17 bits per heavy atom. The molecule has 1 nitrogen and oxygen atoms in total.